The van der Waals surface area contributed by atoms with Crippen LogP contribution >= 0.6 is 0 Å². The minimum atomic E-state index is -0.00688. The summed E-state index contributed by atoms with van der Waals surface area (Å²) in [4.78, 5) is 12.3. The van der Waals surface area contributed by atoms with Crippen molar-refractivity contribution >= 4 is 5.78 Å². The first-order valence-corrected chi connectivity index (χ1v) is 7.31. The number of carbonyl (C=O) groups excluding carboxylic acids is 1. The number of fused-ring (bicyclic) bond motifs is 4. The van der Waals surface area contributed by atoms with E-state index in [0.717, 1.165) is 12.0 Å². The van der Waals surface area contributed by atoms with Crippen molar-refractivity contribution in [2.45, 2.75) is 32.6 Å². The second-order valence-electron chi connectivity index (χ2n) is 6.69. The monoisotopic (exact) mass is 262 g/mol. The summed E-state index contributed by atoms with van der Waals surface area (Å²) >= 11 is 0. The standard InChI is InChI=1S/C19H18O/c1-11-8-12-9-15-13-6-4-5-7-16(13)19(2,3)17(15)10-14(12)18(11)20/h4-7,9-11H,8H2,1-3H3. The Morgan fingerprint density at radius 3 is 2.55 bits per heavy atom. The van der Waals surface area contributed by atoms with Crippen molar-refractivity contribution in [2.75, 3.05) is 0 Å². The molecule has 2 aliphatic rings. The van der Waals surface area contributed by atoms with E-state index in [0.29, 0.717) is 5.78 Å². The van der Waals surface area contributed by atoms with Gasteiger partial charge in [-0.25, -0.2) is 0 Å². The number of carbonyl (C=O) groups is 1. The quantitative estimate of drug-likeness (QED) is 0.689. The largest absolute Gasteiger partial charge is 0.294 e. The lowest BCUT2D eigenvalue weighted by Crippen LogP contribution is -2.15. The van der Waals surface area contributed by atoms with Crippen LogP contribution < -0.4 is 0 Å². The number of rotatable bonds is 0. The van der Waals surface area contributed by atoms with E-state index >= 15 is 0 Å². The molecular formula is C19H18O. The number of benzene rings is 2. The van der Waals surface area contributed by atoms with Gasteiger partial charge in [-0.3, -0.25) is 4.79 Å². The van der Waals surface area contributed by atoms with Crippen molar-refractivity contribution < 1.29 is 4.79 Å². The number of hydrogen-bond donors (Lipinski definition) is 0. The van der Waals surface area contributed by atoms with Gasteiger partial charge in [-0.05, 0) is 40.3 Å². The molecule has 2 aliphatic carbocycles. The maximum absolute atomic E-state index is 12.3. The summed E-state index contributed by atoms with van der Waals surface area (Å²) in [6, 6.07) is 13.1. The Labute approximate surface area is 119 Å². The Bertz CT molecular complexity index is 752. The predicted molar refractivity (Wildman–Crippen MR) is 81.2 cm³/mol. The Morgan fingerprint density at radius 2 is 1.75 bits per heavy atom. The molecule has 1 nitrogen and oxygen atoms in total. The third kappa shape index (κ3) is 1.30. The molecule has 0 N–H and O–H groups in total. The molecule has 4 rings (SSSR count). The van der Waals surface area contributed by atoms with Crippen LogP contribution in [0.4, 0.5) is 0 Å². The van der Waals surface area contributed by atoms with Crippen molar-refractivity contribution in [1.82, 2.24) is 0 Å². The van der Waals surface area contributed by atoms with Crippen molar-refractivity contribution in [1.29, 1.82) is 0 Å². The SMILES string of the molecule is CC1Cc2cc3c(cc2C1=O)C(C)(C)c1ccccc1-3. The molecule has 0 aromatic heterocycles. The summed E-state index contributed by atoms with van der Waals surface area (Å²) in [5, 5.41) is 0. The first-order chi connectivity index (χ1) is 9.50. The maximum Gasteiger partial charge on any atom is 0.166 e. The fraction of sp³-hybridized carbons (Fsp3) is 0.316. The fourth-order valence-corrected chi connectivity index (χ4v) is 3.88. The highest BCUT2D eigenvalue weighted by Crippen LogP contribution is 2.50. The van der Waals surface area contributed by atoms with Crippen molar-refractivity contribution in [3.8, 4) is 11.1 Å². The molecule has 0 saturated heterocycles. The molecule has 20 heavy (non-hydrogen) atoms. The van der Waals surface area contributed by atoms with Crippen LogP contribution in [0.15, 0.2) is 36.4 Å². The molecule has 0 heterocycles. The summed E-state index contributed by atoms with van der Waals surface area (Å²) in [5.41, 5.74) is 7.52. The van der Waals surface area contributed by atoms with E-state index < -0.39 is 0 Å². The lowest BCUT2D eigenvalue weighted by atomic mass is 9.81. The average molecular weight is 262 g/mol. The molecule has 0 saturated carbocycles. The molecule has 1 heteroatoms. The van der Waals surface area contributed by atoms with E-state index in [4.69, 9.17) is 0 Å². The third-order valence-electron chi connectivity index (χ3n) is 5.05. The summed E-state index contributed by atoms with van der Waals surface area (Å²) in [7, 11) is 0. The van der Waals surface area contributed by atoms with E-state index in [2.05, 4.69) is 50.2 Å². The highest BCUT2D eigenvalue weighted by atomic mass is 16.1. The molecule has 0 amide bonds. The second kappa shape index (κ2) is 3.60. The molecule has 0 radical (unpaired) electrons. The minimum Gasteiger partial charge on any atom is -0.294 e. The number of hydrogen-bond acceptors (Lipinski definition) is 1. The van der Waals surface area contributed by atoms with Crippen LogP contribution in [0.3, 0.4) is 0 Å². The lowest BCUT2D eigenvalue weighted by Gasteiger charge is -2.21. The molecular weight excluding hydrogens is 244 g/mol. The molecule has 1 atom stereocenters. The summed E-state index contributed by atoms with van der Waals surface area (Å²) < 4.78 is 0. The van der Waals surface area contributed by atoms with Gasteiger partial charge in [-0.1, -0.05) is 51.1 Å². The van der Waals surface area contributed by atoms with Crippen LogP contribution in [0.1, 0.15) is 47.8 Å². The molecule has 0 bridgehead atoms. The van der Waals surface area contributed by atoms with E-state index in [-0.39, 0.29) is 11.3 Å². The van der Waals surface area contributed by atoms with Gasteiger partial charge in [0.1, 0.15) is 0 Å². The molecule has 2 aromatic carbocycles. The van der Waals surface area contributed by atoms with Crippen LogP contribution in [0.5, 0.6) is 0 Å². The smallest absolute Gasteiger partial charge is 0.166 e. The van der Waals surface area contributed by atoms with Gasteiger partial charge in [0.15, 0.2) is 5.78 Å². The van der Waals surface area contributed by atoms with Gasteiger partial charge in [-0.2, -0.15) is 0 Å². The summed E-state index contributed by atoms with van der Waals surface area (Å²) in [6.07, 6.45) is 0.893. The van der Waals surface area contributed by atoms with Crippen molar-refractivity contribution in [2.24, 2.45) is 5.92 Å². The van der Waals surface area contributed by atoms with E-state index in [1.54, 1.807) is 0 Å². The first kappa shape index (κ1) is 11.9. The molecule has 100 valence electrons. The van der Waals surface area contributed by atoms with Crippen LogP contribution in [-0.4, -0.2) is 5.78 Å². The van der Waals surface area contributed by atoms with Gasteiger partial charge in [0.05, 0.1) is 0 Å². The van der Waals surface area contributed by atoms with Gasteiger partial charge >= 0.3 is 0 Å². The van der Waals surface area contributed by atoms with Gasteiger partial charge < -0.3 is 0 Å². The van der Waals surface area contributed by atoms with Gasteiger partial charge in [0.2, 0.25) is 0 Å². The van der Waals surface area contributed by atoms with Crippen LogP contribution in [0, 0.1) is 5.92 Å². The van der Waals surface area contributed by atoms with Crippen LogP contribution in [-0.2, 0) is 11.8 Å². The van der Waals surface area contributed by atoms with Crippen molar-refractivity contribution in [3.63, 3.8) is 0 Å². The highest BCUT2D eigenvalue weighted by Gasteiger charge is 2.38. The Kier molecular flexibility index (Phi) is 2.14. The Balaban J connectivity index is 2.04. The maximum atomic E-state index is 12.3. The topological polar surface area (TPSA) is 17.1 Å². The molecule has 0 fully saturated rings. The van der Waals surface area contributed by atoms with Crippen LogP contribution in [0.2, 0.25) is 0 Å². The third-order valence-corrected chi connectivity index (χ3v) is 5.05. The predicted octanol–water partition coefficient (Wildman–Crippen LogP) is 4.37. The first-order valence-electron chi connectivity index (χ1n) is 7.31. The Hall–Kier alpha value is -1.89. The zero-order chi connectivity index (χ0) is 14.1. The zero-order valence-corrected chi connectivity index (χ0v) is 12.2. The lowest BCUT2D eigenvalue weighted by molar-refractivity contribution is 0.0946. The number of ketones is 1. The van der Waals surface area contributed by atoms with E-state index in [9.17, 15) is 4.79 Å². The highest BCUT2D eigenvalue weighted by molar-refractivity contribution is 6.03. The Morgan fingerprint density at radius 1 is 1.00 bits per heavy atom. The van der Waals surface area contributed by atoms with Crippen LogP contribution in [0.25, 0.3) is 11.1 Å². The normalized spacial score (nSPS) is 21.6. The van der Waals surface area contributed by atoms with E-state index in [1.165, 1.54) is 27.8 Å². The molecule has 0 aliphatic heterocycles. The number of Topliss-reactive ketones (excluding diaryl/α,β-unsaturated/α-hetero) is 1. The second-order valence-corrected chi connectivity index (χ2v) is 6.69. The van der Waals surface area contributed by atoms with E-state index in [1.807, 2.05) is 6.92 Å². The average Bonchev–Trinajstić information content (AvgIpc) is 2.83. The van der Waals surface area contributed by atoms with Gasteiger partial charge in [0, 0.05) is 16.9 Å². The van der Waals surface area contributed by atoms with Crippen molar-refractivity contribution in [3.05, 3.63) is 58.7 Å². The molecule has 0 spiro atoms. The van der Waals surface area contributed by atoms with Gasteiger partial charge in [-0.15, -0.1) is 0 Å². The van der Waals surface area contributed by atoms with Gasteiger partial charge in [0.25, 0.3) is 0 Å². The summed E-state index contributed by atoms with van der Waals surface area (Å²) in [5.74, 6) is 0.459. The molecule has 2 aromatic rings. The zero-order valence-electron chi connectivity index (χ0n) is 12.2. The molecule has 1 unspecified atom stereocenters. The fourth-order valence-electron chi connectivity index (χ4n) is 3.88. The minimum absolute atomic E-state index is 0.00688. The summed E-state index contributed by atoms with van der Waals surface area (Å²) in [6.45, 7) is 6.55.